The SMILES string of the molecule is Cc1ccc(NC(=O)c2ccc(C#N)cc2)cc1N(c1ccncc1)c1ncco1. The first-order valence-electron chi connectivity index (χ1n) is 9.17. The number of benzene rings is 2. The molecule has 0 unspecified atom stereocenters. The van der Waals surface area contributed by atoms with Gasteiger partial charge in [0, 0.05) is 23.6 Å². The second kappa shape index (κ2) is 8.29. The smallest absolute Gasteiger partial charge is 0.306 e. The van der Waals surface area contributed by atoms with Crippen molar-refractivity contribution in [3.63, 3.8) is 0 Å². The number of anilines is 4. The molecule has 2 aromatic heterocycles. The van der Waals surface area contributed by atoms with Gasteiger partial charge in [0.15, 0.2) is 0 Å². The van der Waals surface area contributed by atoms with E-state index in [9.17, 15) is 4.79 Å². The third-order valence-corrected chi connectivity index (χ3v) is 4.52. The Morgan fingerprint density at radius 1 is 1.07 bits per heavy atom. The second-order valence-electron chi connectivity index (χ2n) is 6.50. The maximum Gasteiger partial charge on any atom is 0.306 e. The molecule has 4 aromatic rings. The molecule has 0 bridgehead atoms. The lowest BCUT2D eigenvalue weighted by atomic mass is 10.1. The van der Waals surface area contributed by atoms with E-state index in [1.165, 1.54) is 6.26 Å². The molecular formula is C23H17N5O2. The Morgan fingerprint density at radius 2 is 1.83 bits per heavy atom. The van der Waals surface area contributed by atoms with E-state index in [4.69, 9.17) is 9.68 Å². The number of nitrogens with zero attached hydrogens (tertiary/aromatic N) is 4. The van der Waals surface area contributed by atoms with Crippen molar-refractivity contribution in [3.05, 3.63) is 96.1 Å². The molecular weight excluding hydrogens is 378 g/mol. The van der Waals surface area contributed by atoms with Crippen LogP contribution >= 0.6 is 0 Å². The van der Waals surface area contributed by atoms with Crippen molar-refractivity contribution < 1.29 is 9.21 Å². The van der Waals surface area contributed by atoms with E-state index >= 15 is 0 Å². The van der Waals surface area contributed by atoms with E-state index in [0.29, 0.717) is 22.8 Å². The van der Waals surface area contributed by atoms with Crippen LogP contribution in [0.5, 0.6) is 0 Å². The van der Waals surface area contributed by atoms with Crippen LogP contribution in [0.4, 0.5) is 23.1 Å². The van der Waals surface area contributed by atoms with Crippen LogP contribution in [-0.2, 0) is 0 Å². The van der Waals surface area contributed by atoms with E-state index in [1.807, 2.05) is 48.2 Å². The highest BCUT2D eigenvalue weighted by Crippen LogP contribution is 2.36. The van der Waals surface area contributed by atoms with E-state index < -0.39 is 0 Å². The van der Waals surface area contributed by atoms with Crippen LogP contribution in [-0.4, -0.2) is 15.9 Å². The Balaban J connectivity index is 1.68. The lowest BCUT2D eigenvalue weighted by Crippen LogP contribution is -2.14. The number of nitriles is 1. The van der Waals surface area contributed by atoms with Crippen LogP contribution in [0, 0.1) is 18.3 Å². The lowest BCUT2D eigenvalue weighted by molar-refractivity contribution is 0.102. The highest BCUT2D eigenvalue weighted by atomic mass is 16.4. The van der Waals surface area contributed by atoms with Gasteiger partial charge in [-0.3, -0.25) is 14.7 Å². The second-order valence-corrected chi connectivity index (χ2v) is 6.50. The fourth-order valence-electron chi connectivity index (χ4n) is 3.00. The molecule has 7 heteroatoms. The monoisotopic (exact) mass is 395 g/mol. The van der Waals surface area contributed by atoms with Crippen LogP contribution < -0.4 is 10.2 Å². The van der Waals surface area contributed by atoms with E-state index in [-0.39, 0.29) is 5.91 Å². The number of aryl methyl sites for hydroxylation is 1. The summed E-state index contributed by atoms with van der Waals surface area (Å²) in [5.74, 6) is -0.263. The maximum absolute atomic E-state index is 12.6. The molecule has 0 saturated heterocycles. The zero-order valence-corrected chi connectivity index (χ0v) is 16.1. The van der Waals surface area contributed by atoms with Gasteiger partial charge in [0.25, 0.3) is 5.91 Å². The van der Waals surface area contributed by atoms with Gasteiger partial charge in [-0.25, -0.2) is 4.98 Å². The number of carbonyl (C=O) groups excluding carboxylic acids is 1. The summed E-state index contributed by atoms with van der Waals surface area (Å²) in [5, 5.41) is 11.8. The first-order valence-corrected chi connectivity index (χ1v) is 9.17. The number of hydrogen-bond acceptors (Lipinski definition) is 6. The molecule has 2 aromatic carbocycles. The number of oxazole rings is 1. The first-order chi connectivity index (χ1) is 14.7. The Hall–Kier alpha value is -4.44. The van der Waals surface area contributed by atoms with Crippen LogP contribution in [0.1, 0.15) is 21.5 Å². The molecule has 0 saturated carbocycles. The number of rotatable bonds is 5. The molecule has 0 spiro atoms. The van der Waals surface area contributed by atoms with Crippen molar-refractivity contribution in [2.24, 2.45) is 0 Å². The number of pyridine rings is 1. The summed E-state index contributed by atoms with van der Waals surface area (Å²) in [6.45, 7) is 1.97. The van der Waals surface area contributed by atoms with Crippen molar-refractivity contribution in [2.75, 3.05) is 10.2 Å². The van der Waals surface area contributed by atoms with Gasteiger partial charge in [0.05, 0.1) is 29.2 Å². The predicted molar refractivity (Wildman–Crippen MR) is 113 cm³/mol. The molecule has 0 fully saturated rings. The van der Waals surface area contributed by atoms with Gasteiger partial charge in [-0.1, -0.05) is 6.07 Å². The summed E-state index contributed by atoms with van der Waals surface area (Å²) in [5.41, 5.74) is 4.20. The Kier molecular flexibility index (Phi) is 5.22. The normalized spacial score (nSPS) is 10.3. The number of amides is 1. The number of aromatic nitrogens is 2. The highest BCUT2D eigenvalue weighted by molar-refractivity contribution is 6.04. The van der Waals surface area contributed by atoms with Gasteiger partial charge in [0.1, 0.15) is 6.26 Å². The van der Waals surface area contributed by atoms with Gasteiger partial charge >= 0.3 is 6.01 Å². The Morgan fingerprint density at radius 3 is 2.50 bits per heavy atom. The first kappa shape index (κ1) is 18.9. The molecule has 0 aliphatic heterocycles. The molecule has 0 aliphatic rings. The van der Waals surface area contributed by atoms with Gasteiger partial charge in [-0.15, -0.1) is 0 Å². The predicted octanol–water partition coefficient (Wildman–Crippen LogP) is 4.97. The van der Waals surface area contributed by atoms with E-state index in [2.05, 4.69) is 15.3 Å². The summed E-state index contributed by atoms with van der Waals surface area (Å²) in [7, 11) is 0. The van der Waals surface area contributed by atoms with Gasteiger partial charge in [-0.05, 0) is 61.0 Å². The summed E-state index contributed by atoms with van der Waals surface area (Å²) >= 11 is 0. The largest absolute Gasteiger partial charge is 0.432 e. The fourth-order valence-corrected chi connectivity index (χ4v) is 3.00. The third-order valence-electron chi connectivity index (χ3n) is 4.52. The molecule has 30 heavy (non-hydrogen) atoms. The number of carbonyl (C=O) groups is 1. The average molecular weight is 395 g/mol. The van der Waals surface area contributed by atoms with Gasteiger partial charge in [-0.2, -0.15) is 5.26 Å². The number of nitrogens with one attached hydrogen (secondary N) is 1. The molecule has 146 valence electrons. The average Bonchev–Trinajstić information content (AvgIpc) is 3.31. The van der Waals surface area contributed by atoms with Crippen LogP contribution in [0.3, 0.4) is 0 Å². The summed E-state index contributed by atoms with van der Waals surface area (Å²) < 4.78 is 5.55. The molecule has 2 heterocycles. The number of hydrogen-bond donors (Lipinski definition) is 1. The van der Waals surface area contributed by atoms with Crippen molar-refractivity contribution in [2.45, 2.75) is 6.92 Å². The minimum Gasteiger partial charge on any atom is -0.432 e. The summed E-state index contributed by atoms with van der Waals surface area (Å²) in [6.07, 6.45) is 6.47. The van der Waals surface area contributed by atoms with Crippen molar-refractivity contribution in [1.29, 1.82) is 5.26 Å². The van der Waals surface area contributed by atoms with Gasteiger partial charge in [0.2, 0.25) is 0 Å². The molecule has 4 rings (SSSR count). The Bertz CT molecular complexity index is 1200. The fraction of sp³-hybridized carbons (Fsp3) is 0.0435. The zero-order chi connectivity index (χ0) is 20.9. The summed E-state index contributed by atoms with van der Waals surface area (Å²) in [6, 6.07) is 18.2. The minimum absolute atomic E-state index is 0.263. The van der Waals surface area contributed by atoms with Crippen LogP contribution in [0.2, 0.25) is 0 Å². The van der Waals surface area contributed by atoms with Crippen molar-refractivity contribution in [1.82, 2.24) is 9.97 Å². The topological polar surface area (TPSA) is 95.1 Å². The lowest BCUT2D eigenvalue weighted by Gasteiger charge is -2.23. The standard InChI is InChI=1S/C23H17N5O2/c1-16-2-7-19(27-22(29)18-5-3-17(15-24)4-6-18)14-21(16)28(23-26-12-13-30-23)20-8-10-25-11-9-20/h2-14H,1H3,(H,27,29). The molecule has 7 nitrogen and oxygen atoms in total. The van der Waals surface area contributed by atoms with E-state index in [0.717, 1.165) is 16.9 Å². The highest BCUT2D eigenvalue weighted by Gasteiger charge is 2.19. The summed E-state index contributed by atoms with van der Waals surface area (Å²) in [4.78, 5) is 22.9. The van der Waals surface area contributed by atoms with Crippen LogP contribution in [0.25, 0.3) is 0 Å². The molecule has 1 amide bonds. The van der Waals surface area contributed by atoms with E-state index in [1.54, 1.807) is 42.9 Å². The Labute approximate surface area is 173 Å². The van der Waals surface area contributed by atoms with Crippen molar-refractivity contribution >= 4 is 29.0 Å². The zero-order valence-electron chi connectivity index (χ0n) is 16.1. The molecule has 0 radical (unpaired) electrons. The maximum atomic E-state index is 12.6. The molecule has 0 atom stereocenters. The quantitative estimate of drug-likeness (QED) is 0.512. The van der Waals surface area contributed by atoms with Crippen molar-refractivity contribution in [3.8, 4) is 6.07 Å². The third kappa shape index (κ3) is 3.88. The van der Waals surface area contributed by atoms with Crippen LogP contribution in [0.15, 0.2) is 83.9 Å². The van der Waals surface area contributed by atoms with Gasteiger partial charge < -0.3 is 9.73 Å². The minimum atomic E-state index is -0.263. The molecule has 1 N–H and O–H groups in total. The molecule has 0 aliphatic carbocycles.